The van der Waals surface area contributed by atoms with Crippen molar-refractivity contribution in [3.8, 4) is 0 Å². The van der Waals surface area contributed by atoms with E-state index in [-0.39, 0.29) is 5.82 Å². The molecule has 0 heterocycles. The zero-order valence-electron chi connectivity index (χ0n) is 11.9. The molecule has 2 rings (SSSR count). The molecule has 0 saturated heterocycles. The minimum absolute atomic E-state index is 0.141. The molecule has 0 amide bonds. The van der Waals surface area contributed by atoms with Crippen LogP contribution in [0.15, 0.2) is 42.5 Å². The van der Waals surface area contributed by atoms with Gasteiger partial charge in [-0.3, -0.25) is 0 Å². The predicted octanol–water partition coefficient (Wildman–Crippen LogP) is 3.27. The van der Waals surface area contributed by atoms with Crippen LogP contribution in [0.1, 0.15) is 28.4 Å². The second kappa shape index (κ2) is 6.64. The minimum Gasteiger partial charge on any atom is -0.387 e. The van der Waals surface area contributed by atoms with Gasteiger partial charge in [-0.15, -0.1) is 0 Å². The summed E-state index contributed by atoms with van der Waals surface area (Å²) in [6, 6.07) is 13.2. The molecule has 0 aliphatic heterocycles. The molecule has 0 aliphatic rings. The lowest BCUT2D eigenvalue weighted by Gasteiger charge is -2.13. The topological polar surface area (TPSA) is 32.3 Å². The first-order chi connectivity index (χ1) is 9.58. The molecular weight excluding hydrogens is 253 g/mol. The molecule has 2 nitrogen and oxygen atoms in total. The van der Waals surface area contributed by atoms with Gasteiger partial charge in [-0.2, -0.15) is 0 Å². The molecule has 0 radical (unpaired) electrons. The van der Waals surface area contributed by atoms with Crippen molar-refractivity contribution in [1.29, 1.82) is 0 Å². The smallest absolute Gasteiger partial charge is 0.129 e. The average molecular weight is 273 g/mol. The van der Waals surface area contributed by atoms with E-state index >= 15 is 0 Å². The van der Waals surface area contributed by atoms with E-state index in [0.717, 1.165) is 11.1 Å². The van der Waals surface area contributed by atoms with Crippen molar-refractivity contribution in [2.75, 3.05) is 6.54 Å². The van der Waals surface area contributed by atoms with Crippen LogP contribution in [0.5, 0.6) is 0 Å². The summed E-state index contributed by atoms with van der Waals surface area (Å²) in [7, 11) is 0. The number of aliphatic hydroxyl groups excluding tert-OH is 1. The summed E-state index contributed by atoms with van der Waals surface area (Å²) < 4.78 is 13.5. The largest absolute Gasteiger partial charge is 0.387 e. The first-order valence-corrected chi connectivity index (χ1v) is 6.77. The lowest BCUT2D eigenvalue weighted by atomic mass is 10.1. The van der Waals surface area contributed by atoms with Crippen LogP contribution in [-0.2, 0) is 6.54 Å². The number of hydrogen-bond donors (Lipinski definition) is 2. The highest BCUT2D eigenvalue weighted by Crippen LogP contribution is 2.15. The molecule has 106 valence electrons. The highest BCUT2D eigenvalue weighted by molar-refractivity contribution is 5.30. The molecule has 0 spiro atoms. The van der Waals surface area contributed by atoms with Crippen LogP contribution < -0.4 is 5.32 Å². The number of rotatable bonds is 5. The number of hydrogen-bond acceptors (Lipinski definition) is 2. The monoisotopic (exact) mass is 273 g/mol. The summed E-state index contributed by atoms with van der Waals surface area (Å²) in [6.07, 6.45) is -0.529. The van der Waals surface area contributed by atoms with E-state index in [1.165, 1.54) is 0 Å². The third-order valence-electron chi connectivity index (χ3n) is 3.35. The summed E-state index contributed by atoms with van der Waals surface area (Å²) in [4.78, 5) is 0. The van der Waals surface area contributed by atoms with Crippen molar-refractivity contribution < 1.29 is 9.50 Å². The minimum atomic E-state index is -0.529. The van der Waals surface area contributed by atoms with Crippen molar-refractivity contribution >= 4 is 0 Å². The fourth-order valence-electron chi connectivity index (χ4n) is 2.28. The maximum absolute atomic E-state index is 13.5. The van der Waals surface area contributed by atoms with E-state index < -0.39 is 6.10 Å². The predicted molar refractivity (Wildman–Crippen MR) is 79.0 cm³/mol. The highest BCUT2D eigenvalue weighted by atomic mass is 19.1. The molecule has 1 atom stereocenters. The van der Waals surface area contributed by atoms with Gasteiger partial charge in [0.05, 0.1) is 6.10 Å². The van der Waals surface area contributed by atoms with Gasteiger partial charge in [-0.05, 0) is 36.1 Å². The molecule has 0 aliphatic carbocycles. The zero-order valence-corrected chi connectivity index (χ0v) is 11.9. The Balaban J connectivity index is 1.90. The van der Waals surface area contributed by atoms with Crippen LogP contribution in [0.25, 0.3) is 0 Å². The van der Waals surface area contributed by atoms with Gasteiger partial charge in [0.2, 0.25) is 0 Å². The molecule has 2 aromatic carbocycles. The van der Waals surface area contributed by atoms with Gasteiger partial charge >= 0.3 is 0 Å². The normalized spacial score (nSPS) is 12.4. The van der Waals surface area contributed by atoms with Crippen molar-refractivity contribution in [3.05, 3.63) is 70.5 Å². The Labute approximate surface area is 119 Å². The van der Waals surface area contributed by atoms with Gasteiger partial charge in [0.1, 0.15) is 5.82 Å². The second-order valence-corrected chi connectivity index (χ2v) is 5.10. The summed E-state index contributed by atoms with van der Waals surface area (Å²) in [6.45, 7) is 4.63. The second-order valence-electron chi connectivity index (χ2n) is 5.10. The molecule has 1 unspecified atom stereocenters. The Morgan fingerprint density at radius 2 is 1.70 bits per heavy atom. The third-order valence-corrected chi connectivity index (χ3v) is 3.35. The van der Waals surface area contributed by atoms with Gasteiger partial charge in [0.15, 0.2) is 0 Å². The zero-order chi connectivity index (χ0) is 14.5. The Kier molecular flexibility index (Phi) is 4.88. The molecule has 20 heavy (non-hydrogen) atoms. The maximum atomic E-state index is 13.5. The van der Waals surface area contributed by atoms with Crippen LogP contribution >= 0.6 is 0 Å². The standard InChI is InChI=1S/C17H20FNO/c1-12-8-14(9-13(2)17(12)18)10-19-11-16(20)15-6-4-3-5-7-15/h3-9,16,19-20H,10-11H2,1-2H3. The molecule has 0 bridgehead atoms. The van der Waals surface area contributed by atoms with E-state index in [0.29, 0.717) is 24.2 Å². The number of benzene rings is 2. The van der Waals surface area contributed by atoms with Crippen molar-refractivity contribution in [2.24, 2.45) is 0 Å². The Bertz CT molecular complexity index is 545. The quantitative estimate of drug-likeness (QED) is 0.876. The van der Waals surface area contributed by atoms with E-state index in [4.69, 9.17) is 0 Å². The fraction of sp³-hybridized carbons (Fsp3) is 0.294. The van der Waals surface area contributed by atoms with Crippen LogP contribution in [0.2, 0.25) is 0 Å². The summed E-state index contributed by atoms with van der Waals surface area (Å²) >= 11 is 0. The Morgan fingerprint density at radius 3 is 2.30 bits per heavy atom. The number of aryl methyl sites for hydroxylation is 2. The van der Waals surface area contributed by atoms with Gasteiger partial charge < -0.3 is 10.4 Å². The van der Waals surface area contributed by atoms with Crippen molar-refractivity contribution in [2.45, 2.75) is 26.5 Å². The van der Waals surface area contributed by atoms with E-state index in [2.05, 4.69) is 5.32 Å². The lowest BCUT2D eigenvalue weighted by Crippen LogP contribution is -2.21. The van der Waals surface area contributed by atoms with E-state index in [9.17, 15) is 9.50 Å². The number of aliphatic hydroxyl groups is 1. The van der Waals surface area contributed by atoms with Gasteiger partial charge in [0, 0.05) is 13.1 Å². The van der Waals surface area contributed by atoms with E-state index in [1.807, 2.05) is 42.5 Å². The molecule has 0 aromatic heterocycles. The summed E-state index contributed by atoms with van der Waals surface area (Å²) in [5, 5.41) is 13.2. The molecule has 0 fully saturated rings. The van der Waals surface area contributed by atoms with Crippen LogP contribution in [0, 0.1) is 19.7 Å². The van der Waals surface area contributed by atoms with Gasteiger partial charge in [-0.1, -0.05) is 42.5 Å². The number of halogens is 1. The molecule has 0 saturated carbocycles. The lowest BCUT2D eigenvalue weighted by molar-refractivity contribution is 0.174. The summed E-state index contributed by atoms with van der Waals surface area (Å²) in [5.41, 5.74) is 3.24. The molecule has 2 N–H and O–H groups in total. The first-order valence-electron chi connectivity index (χ1n) is 6.77. The van der Waals surface area contributed by atoms with Crippen molar-refractivity contribution in [1.82, 2.24) is 5.32 Å². The summed E-state index contributed by atoms with van der Waals surface area (Å²) in [5.74, 6) is -0.141. The van der Waals surface area contributed by atoms with Crippen LogP contribution in [-0.4, -0.2) is 11.7 Å². The average Bonchev–Trinajstić information content (AvgIpc) is 2.45. The SMILES string of the molecule is Cc1cc(CNCC(O)c2ccccc2)cc(C)c1F. The van der Waals surface area contributed by atoms with Crippen LogP contribution in [0.3, 0.4) is 0 Å². The Hall–Kier alpha value is -1.71. The van der Waals surface area contributed by atoms with E-state index in [1.54, 1.807) is 13.8 Å². The third kappa shape index (κ3) is 3.65. The van der Waals surface area contributed by atoms with Gasteiger partial charge in [-0.25, -0.2) is 4.39 Å². The van der Waals surface area contributed by atoms with Crippen LogP contribution in [0.4, 0.5) is 4.39 Å². The number of nitrogens with one attached hydrogen (secondary N) is 1. The Morgan fingerprint density at radius 1 is 1.10 bits per heavy atom. The van der Waals surface area contributed by atoms with Gasteiger partial charge in [0.25, 0.3) is 0 Å². The highest BCUT2D eigenvalue weighted by Gasteiger charge is 2.07. The fourth-order valence-corrected chi connectivity index (χ4v) is 2.28. The molecular formula is C17H20FNO. The maximum Gasteiger partial charge on any atom is 0.129 e. The molecule has 3 heteroatoms. The van der Waals surface area contributed by atoms with Crippen molar-refractivity contribution in [3.63, 3.8) is 0 Å². The molecule has 2 aromatic rings. The first kappa shape index (κ1) is 14.7.